The minimum absolute atomic E-state index is 0.164. The zero-order valence-corrected chi connectivity index (χ0v) is 9.84. The number of phenolic OH excluding ortho intramolecular Hbond substituents is 1. The van der Waals surface area contributed by atoms with Gasteiger partial charge in [-0.15, -0.1) is 0 Å². The van der Waals surface area contributed by atoms with E-state index in [9.17, 15) is 10.4 Å². The van der Waals surface area contributed by atoms with E-state index in [-0.39, 0.29) is 17.9 Å². The third-order valence-electron chi connectivity index (χ3n) is 2.97. The standard InChI is InChI=1S/C13H16N2O2/c1-10-9-15(6-7-17-10)13(8-14)11-2-4-12(16)5-3-11/h2-5,10,13,16H,6-7,9H2,1H3/t10-,13-/m0/s1. The average Bonchev–Trinajstić information content (AvgIpc) is 2.33. The largest absolute Gasteiger partial charge is 0.508 e. The molecule has 0 aliphatic carbocycles. The van der Waals surface area contributed by atoms with E-state index in [4.69, 9.17) is 4.74 Å². The summed E-state index contributed by atoms with van der Waals surface area (Å²) >= 11 is 0. The zero-order chi connectivity index (χ0) is 12.3. The monoisotopic (exact) mass is 232 g/mol. The van der Waals surface area contributed by atoms with Crippen LogP contribution in [-0.2, 0) is 4.74 Å². The molecule has 0 radical (unpaired) electrons. The summed E-state index contributed by atoms with van der Waals surface area (Å²) in [5.74, 6) is 0.223. The summed E-state index contributed by atoms with van der Waals surface area (Å²) in [7, 11) is 0. The van der Waals surface area contributed by atoms with Crippen LogP contribution in [0.4, 0.5) is 0 Å². The summed E-state index contributed by atoms with van der Waals surface area (Å²) in [4.78, 5) is 2.11. The summed E-state index contributed by atoms with van der Waals surface area (Å²) in [5.41, 5.74) is 0.916. The van der Waals surface area contributed by atoms with E-state index < -0.39 is 0 Å². The maximum absolute atomic E-state index is 9.29. The SMILES string of the molecule is C[C@H]1CN([C@@H](C#N)c2ccc(O)cc2)CCO1. The number of phenols is 1. The van der Waals surface area contributed by atoms with Crippen molar-refractivity contribution in [3.05, 3.63) is 29.8 Å². The molecule has 1 saturated heterocycles. The zero-order valence-electron chi connectivity index (χ0n) is 9.84. The van der Waals surface area contributed by atoms with Crippen LogP contribution in [0.5, 0.6) is 5.75 Å². The first-order valence-corrected chi connectivity index (χ1v) is 5.75. The van der Waals surface area contributed by atoms with Crippen LogP contribution in [0.2, 0.25) is 0 Å². The highest BCUT2D eigenvalue weighted by Crippen LogP contribution is 2.24. The second-order valence-electron chi connectivity index (χ2n) is 4.30. The van der Waals surface area contributed by atoms with E-state index in [1.807, 2.05) is 6.92 Å². The molecule has 0 spiro atoms. The van der Waals surface area contributed by atoms with Crippen LogP contribution >= 0.6 is 0 Å². The minimum atomic E-state index is -0.262. The van der Waals surface area contributed by atoms with Crippen LogP contribution in [0.1, 0.15) is 18.5 Å². The fraction of sp³-hybridized carbons (Fsp3) is 0.462. The van der Waals surface area contributed by atoms with Gasteiger partial charge in [0.15, 0.2) is 0 Å². The van der Waals surface area contributed by atoms with E-state index in [2.05, 4.69) is 11.0 Å². The lowest BCUT2D eigenvalue weighted by molar-refractivity contribution is -0.0269. The maximum Gasteiger partial charge on any atom is 0.124 e. The van der Waals surface area contributed by atoms with Gasteiger partial charge >= 0.3 is 0 Å². The molecule has 0 saturated carbocycles. The van der Waals surface area contributed by atoms with Gasteiger partial charge < -0.3 is 9.84 Å². The van der Waals surface area contributed by atoms with Crippen molar-refractivity contribution in [1.29, 1.82) is 5.26 Å². The van der Waals surface area contributed by atoms with Crippen molar-refractivity contribution >= 4 is 0 Å². The van der Waals surface area contributed by atoms with Crippen LogP contribution in [0.15, 0.2) is 24.3 Å². The van der Waals surface area contributed by atoms with Crippen LogP contribution in [-0.4, -0.2) is 35.8 Å². The fourth-order valence-electron chi connectivity index (χ4n) is 2.10. The van der Waals surface area contributed by atoms with Gasteiger partial charge in [0.2, 0.25) is 0 Å². The number of morpholine rings is 1. The second kappa shape index (κ2) is 5.17. The number of hydrogen-bond donors (Lipinski definition) is 1. The van der Waals surface area contributed by atoms with E-state index >= 15 is 0 Å². The van der Waals surface area contributed by atoms with E-state index in [0.29, 0.717) is 6.61 Å². The van der Waals surface area contributed by atoms with Crippen LogP contribution in [0.3, 0.4) is 0 Å². The Morgan fingerprint density at radius 3 is 2.76 bits per heavy atom. The molecular weight excluding hydrogens is 216 g/mol. The van der Waals surface area contributed by atoms with Gasteiger partial charge in [0.25, 0.3) is 0 Å². The van der Waals surface area contributed by atoms with Gasteiger partial charge in [0.05, 0.1) is 18.8 Å². The summed E-state index contributed by atoms with van der Waals surface area (Å²) in [6.07, 6.45) is 0.164. The molecule has 0 bridgehead atoms. The fourth-order valence-corrected chi connectivity index (χ4v) is 2.10. The highest BCUT2D eigenvalue weighted by Gasteiger charge is 2.25. The molecule has 2 atom stereocenters. The Kier molecular flexibility index (Phi) is 3.62. The number of nitriles is 1. The van der Waals surface area contributed by atoms with Gasteiger partial charge in [0.1, 0.15) is 11.8 Å². The molecule has 1 N–H and O–H groups in total. The number of nitrogens with zero attached hydrogens (tertiary/aromatic N) is 2. The van der Waals surface area contributed by atoms with Gasteiger partial charge in [-0.3, -0.25) is 4.90 Å². The number of ether oxygens (including phenoxy) is 1. The van der Waals surface area contributed by atoms with E-state index in [0.717, 1.165) is 18.7 Å². The highest BCUT2D eigenvalue weighted by atomic mass is 16.5. The molecular formula is C13H16N2O2. The van der Waals surface area contributed by atoms with Crippen molar-refractivity contribution in [3.63, 3.8) is 0 Å². The summed E-state index contributed by atoms with van der Waals surface area (Å²) < 4.78 is 5.47. The predicted molar refractivity (Wildman–Crippen MR) is 63.4 cm³/mol. The van der Waals surface area contributed by atoms with Crippen molar-refractivity contribution in [1.82, 2.24) is 4.90 Å². The number of rotatable bonds is 2. The predicted octanol–water partition coefficient (Wildman–Crippen LogP) is 1.68. The van der Waals surface area contributed by atoms with E-state index in [1.54, 1.807) is 24.3 Å². The molecule has 17 heavy (non-hydrogen) atoms. The Morgan fingerprint density at radius 2 is 2.18 bits per heavy atom. The lowest BCUT2D eigenvalue weighted by Gasteiger charge is -2.34. The third kappa shape index (κ3) is 2.76. The van der Waals surface area contributed by atoms with Crippen LogP contribution in [0, 0.1) is 11.3 Å². The number of benzene rings is 1. The third-order valence-corrected chi connectivity index (χ3v) is 2.97. The molecule has 1 aliphatic heterocycles. The second-order valence-corrected chi connectivity index (χ2v) is 4.30. The minimum Gasteiger partial charge on any atom is -0.508 e. The molecule has 2 rings (SSSR count). The Morgan fingerprint density at radius 1 is 1.47 bits per heavy atom. The first-order valence-electron chi connectivity index (χ1n) is 5.75. The molecule has 1 fully saturated rings. The smallest absolute Gasteiger partial charge is 0.124 e. The number of hydrogen-bond acceptors (Lipinski definition) is 4. The molecule has 1 heterocycles. The molecule has 1 aromatic carbocycles. The lowest BCUT2D eigenvalue weighted by Crippen LogP contribution is -2.42. The molecule has 4 heteroatoms. The van der Waals surface area contributed by atoms with Gasteiger partial charge in [-0.2, -0.15) is 5.26 Å². The topological polar surface area (TPSA) is 56.5 Å². The first kappa shape index (κ1) is 11.9. The summed E-state index contributed by atoms with van der Waals surface area (Å²) in [5, 5.41) is 18.5. The lowest BCUT2D eigenvalue weighted by atomic mass is 10.1. The Bertz CT molecular complexity index is 410. The average molecular weight is 232 g/mol. The van der Waals surface area contributed by atoms with Gasteiger partial charge in [0, 0.05) is 13.1 Å². The van der Waals surface area contributed by atoms with Crippen LogP contribution in [0.25, 0.3) is 0 Å². The molecule has 1 aliphatic rings. The molecule has 4 nitrogen and oxygen atoms in total. The molecule has 0 aromatic heterocycles. The van der Waals surface area contributed by atoms with E-state index in [1.165, 1.54) is 0 Å². The van der Waals surface area contributed by atoms with Crippen molar-refractivity contribution in [2.24, 2.45) is 0 Å². The summed E-state index contributed by atoms with van der Waals surface area (Å²) in [6.45, 7) is 4.21. The Labute approximate surface area is 101 Å². The van der Waals surface area contributed by atoms with Crippen molar-refractivity contribution in [2.75, 3.05) is 19.7 Å². The van der Waals surface area contributed by atoms with Gasteiger partial charge in [-0.25, -0.2) is 0 Å². The first-order chi connectivity index (χ1) is 8.20. The molecule has 0 unspecified atom stereocenters. The molecule has 0 amide bonds. The maximum atomic E-state index is 9.29. The normalized spacial score (nSPS) is 22.9. The Hall–Kier alpha value is -1.57. The molecule has 90 valence electrons. The van der Waals surface area contributed by atoms with Gasteiger partial charge in [-0.05, 0) is 24.6 Å². The highest BCUT2D eigenvalue weighted by molar-refractivity contribution is 5.30. The van der Waals surface area contributed by atoms with Gasteiger partial charge in [-0.1, -0.05) is 12.1 Å². The quantitative estimate of drug-likeness (QED) is 0.842. The molecule has 1 aromatic rings. The van der Waals surface area contributed by atoms with Crippen molar-refractivity contribution in [3.8, 4) is 11.8 Å². The summed E-state index contributed by atoms with van der Waals surface area (Å²) in [6, 6.07) is 8.87. The van der Waals surface area contributed by atoms with Crippen molar-refractivity contribution in [2.45, 2.75) is 19.1 Å². The Balaban J connectivity index is 2.16. The van der Waals surface area contributed by atoms with Crippen molar-refractivity contribution < 1.29 is 9.84 Å². The van der Waals surface area contributed by atoms with Crippen LogP contribution < -0.4 is 0 Å². The number of aromatic hydroxyl groups is 1.